The van der Waals surface area contributed by atoms with E-state index < -0.39 is 11.2 Å². The number of hydrogen-bond acceptors (Lipinski definition) is 4. The Morgan fingerprint density at radius 2 is 1.78 bits per heavy atom. The SMILES string of the molecule is CC(NC(=O)Cn1c(Cl)nc2c1c(=O)n(C)c(=O)n2C)c1ccc(Cl)cc1. The number of carbonyl (C=O) groups excluding carboxylic acids is 1. The average Bonchev–Trinajstić information content (AvgIpc) is 2.95. The molecular weight excluding hydrogens is 393 g/mol. The number of hydrogen-bond donors (Lipinski definition) is 1. The highest BCUT2D eigenvalue weighted by molar-refractivity contribution is 6.30. The summed E-state index contributed by atoms with van der Waals surface area (Å²) < 4.78 is 3.46. The summed E-state index contributed by atoms with van der Waals surface area (Å²) >= 11 is 12.0. The fraction of sp³-hybridized carbons (Fsp3) is 0.294. The zero-order valence-corrected chi connectivity index (χ0v) is 16.4. The Kier molecular flexibility index (Phi) is 5.12. The number of imidazole rings is 1. The van der Waals surface area contributed by atoms with E-state index in [4.69, 9.17) is 23.2 Å². The molecule has 0 aliphatic carbocycles. The van der Waals surface area contributed by atoms with Crippen LogP contribution in [0.4, 0.5) is 0 Å². The van der Waals surface area contributed by atoms with Crippen LogP contribution in [0.5, 0.6) is 0 Å². The Bertz CT molecular complexity index is 1140. The Labute approximate surface area is 163 Å². The molecule has 1 atom stereocenters. The van der Waals surface area contributed by atoms with Crippen LogP contribution in [0.3, 0.4) is 0 Å². The Balaban J connectivity index is 1.91. The first kappa shape index (κ1) is 19.2. The third-order valence-electron chi connectivity index (χ3n) is 4.35. The number of nitrogens with zero attached hydrogens (tertiary/aromatic N) is 4. The number of nitrogens with one attached hydrogen (secondary N) is 1. The van der Waals surface area contributed by atoms with Crippen molar-refractivity contribution in [2.45, 2.75) is 19.5 Å². The number of aromatic nitrogens is 4. The van der Waals surface area contributed by atoms with E-state index in [1.54, 1.807) is 12.1 Å². The molecule has 1 unspecified atom stereocenters. The van der Waals surface area contributed by atoms with Crippen molar-refractivity contribution in [1.82, 2.24) is 24.0 Å². The topological polar surface area (TPSA) is 90.9 Å². The third-order valence-corrected chi connectivity index (χ3v) is 4.89. The summed E-state index contributed by atoms with van der Waals surface area (Å²) in [7, 11) is 2.85. The van der Waals surface area contributed by atoms with Crippen molar-refractivity contribution < 1.29 is 4.79 Å². The molecule has 10 heteroatoms. The van der Waals surface area contributed by atoms with Gasteiger partial charge in [0.05, 0.1) is 6.04 Å². The predicted octanol–water partition coefficient (Wildman–Crippen LogP) is 1.62. The number of rotatable bonds is 4. The maximum absolute atomic E-state index is 12.5. The maximum Gasteiger partial charge on any atom is 0.332 e. The second-order valence-corrected chi connectivity index (χ2v) is 6.96. The van der Waals surface area contributed by atoms with Crippen molar-refractivity contribution >= 4 is 40.3 Å². The molecule has 0 fully saturated rings. The second-order valence-electron chi connectivity index (χ2n) is 6.19. The smallest absolute Gasteiger partial charge is 0.332 e. The number of benzene rings is 1. The predicted molar refractivity (Wildman–Crippen MR) is 103 cm³/mol. The van der Waals surface area contributed by atoms with Gasteiger partial charge in [-0.2, -0.15) is 4.98 Å². The Hall–Kier alpha value is -2.58. The van der Waals surface area contributed by atoms with Crippen molar-refractivity contribution in [3.63, 3.8) is 0 Å². The molecule has 0 saturated carbocycles. The molecule has 0 aliphatic rings. The first-order chi connectivity index (χ1) is 12.7. The van der Waals surface area contributed by atoms with Gasteiger partial charge in [-0.3, -0.25) is 23.3 Å². The Morgan fingerprint density at radius 3 is 2.41 bits per heavy atom. The lowest BCUT2D eigenvalue weighted by molar-refractivity contribution is -0.122. The van der Waals surface area contributed by atoms with Gasteiger partial charge in [0.2, 0.25) is 11.2 Å². The standard InChI is InChI=1S/C17H17Cl2N5O3/c1-9(10-4-6-11(18)7-5-10)20-12(25)8-24-13-14(21-16(24)19)22(2)17(27)23(3)15(13)26/h4-7,9H,8H2,1-3H3,(H,20,25). The van der Waals surface area contributed by atoms with Gasteiger partial charge in [-0.05, 0) is 36.2 Å². The van der Waals surface area contributed by atoms with Gasteiger partial charge >= 0.3 is 5.69 Å². The van der Waals surface area contributed by atoms with E-state index in [0.717, 1.165) is 10.1 Å². The summed E-state index contributed by atoms with van der Waals surface area (Å²) in [6, 6.07) is 6.85. The summed E-state index contributed by atoms with van der Waals surface area (Å²) in [5.41, 5.74) is 0.0267. The molecule has 0 saturated heterocycles. The molecule has 27 heavy (non-hydrogen) atoms. The van der Waals surface area contributed by atoms with Crippen molar-refractivity contribution in [3.8, 4) is 0 Å². The van der Waals surface area contributed by atoms with Gasteiger partial charge in [0, 0.05) is 19.1 Å². The molecule has 8 nitrogen and oxygen atoms in total. The number of carbonyl (C=O) groups is 1. The van der Waals surface area contributed by atoms with Crippen LogP contribution in [0.1, 0.15) is 18.5 Å². The molecule has 3 rings (SSSR count). The highest BCUT2D eigenvalue weighted by atomic mass is 35.5. The van der Waals surface area contributed by atoms with E-state index in [9.17, 15) is 14.4 Å². The summed E-state index contributed by atoms with van der Waals surface area (Å²) in [6.07, 6.45) is 0. The highest BCUT2D eigenvalue weighted by Gasteiger charge is 2.20. The van der Waals surface area contributed by atoms with Crippen molar-refractivity contribution in [3.05, 3.63) is 61.0 Å². The van der Waals surface area contributed by atoms with Gasteiger partial charge in [0.1, 0.15) is 6.54 Å². The highest BCUT2D eigenvalue weighted by Crippen LogP contribution is 2.18. The molecule has 1 amide bonds. The minimum Gasteiger partial charge on any atom is -0.348 e. The van der Waals surface area contributed by atoms with Crippen LogP contribution in [0.2, 0.25) is 10.3 Å². The molecule has 0 spiro atoms. The minimum atomic E-state index is -0.564. The normalized spacial score (nSPS) is 12.3. The van der Waals surface area contributed by atoms with E-state index in [0.29, 0.717) is 5.02 Å². The lowest BCUT2D eigenvalue weighted by Gasteiger charge is -2.15. The quantitative estimate of drug-likeness (QED) is 0.662. The monoisotopic (exact) mass is 409 g/mol. The molecule has 3 aromatic rings. The van der Waals surface area contributed by atoms with Crippen LogP contribution in [-0.2, 0) is 25.4 Å². The molecule has 0 aliphatic heterocycles. The summed E-state index contributed by atoms with van der Waals surface area (Å²) in [6.45, 7) is 1.62. The van der Waals surface area contributed by atoms with Gasteiger partial charge in [0.15, 0.2) is 11.2 Å². The number of fused-ring (bicyclic) bond motifs is 1. The number of halogens is 2. The second kappa shape index (κ2) is 7.21. The first-order valence-corrected chi connectivity index (χ1v) is 8.83. The van der Waals surface area contributed by atoms with E-state index in [2.05, 4.69) is 10.3 Å². The van der Waals surface area contributed by atoms with Gasteiger partial charge in [-0.25, -0.2) is 4.79 Å². The first-order valence-electron chi connectivity index (χ1n) is 8.07. The molecule has 2 aromatic heterocycles. The van der Waals surface area contributed by atoms with Crippen LogP contribution in [0, 0.1) is 0 Å². The van der Waals surface area contributed by atoms with Crippen LogP contribution in [-0.4, -0.2) is 24.6 Å². The molecule has 0 radical (unpaired) electrons. The van der Waals surface area contributed by atoms with E-state index in [1.165, 1.54) is 23.2 Å². The van der Waals surface area contributed by atoms with E-state index in [1.807, 2.05) is 19.1 Å². The largest absolute Gasteiger partial charge is 0.348 e. The van der Waals surface area contributed by atoms with E-state index in [-0.39, 0.29) is 34.9 Å². The summed E-state index contributed by atoms with van der Waals surface area (Å²) in [5.74, 6) is -0.352. The number of aryl methyl sites for hydroxylation is 1. The molecule has 142 valence electrons. The zero-order valence-electron chi connectivity index (χ0n) is 14.9. The van der Waals surface area contributed by atoms with Gasteiger partial charge in [0.25, 0.3) is 5.56 Å². The minimum absolute atomic E-state index is 0.0439. The average molecular weight is 410 g/mol. The molecule has 1 aromatic carbocycles. The van der Waals surface area contributed by atoms with Crippen LogP contribution in [0.25, 0.3) is 11.2 Å². The fourth-order valence-electron chi connectivity index (χ4n) is 2.83. The molecule has 1 N–H and O–H groups in total. The summed E-state index contributed by atoms with van der Waals surface area (Å²) in [5, 5.41) is 3.40. The number of amides is 1. The van der Waals surface area contributed by atoms with Crippen molar-refractivity contribution in [2.75, 3.05) is 0 Å². The lowest BCUT2D eigenvalue weighted by atomic mass is 10.1. The molecule has 0 bridgehead atoms. The van der Waals surface area contributed by atoms with Crippen LogP contribution in [0.15, 0.2) is 33.9 Å². The van der Waals surface area contributed by atoms with E-state index >= 15 is 0 Å². The van der Waals surface area contributed by atoms with Crippen LogP contribution < -0.4 is 16.6 Å². The molecular formula is C17H17Cl2N5O3. The molecule has 2 heterocycles. The van der Waals surface area contributed by atoms with Crippen LogP contribution >= 0.6 is 23.2 Å². The Morgan fingerprint density at radius 1 is 1.15 bits per heavy atom. The van der Waals surface area contributed by atoms with Crippen molar-refractivity contribution in [2.24, 2.45) is 14.1 Å². The fourth-order valence-corrected chi connectivity index (χ4v) is 3.18. The van der Waals surface area contributed by atoms with Gasteiger partial charge in [-0.1, -0.05) is 23.7 Å². The lowest BCUT2D eigenvalue weighted by Crippen LogP contribution is -2.38. The third kappa shape index (κ3) is 3.50. The maximum atomic E-state index is 12.5. The van der Waals surface area contributed by atoms with Gasteiger partial charge in [-0.15, -0.1) is 0 Å². The van der Waals surface area contributed by atoms with Gasteiger partial charge < -0.3 is 5.32 Å². The van der Waals surface area contributed by atoms with Crippen molar-refractivity contribution in [1.29, 1.82) is 0 Å². The summed E-state index contributed by atoms with van der Waals surface area (Å²) in [4.78, 5) is 41.0. The zero-order chi connectivity index (χ0) is 19.9.